The molecule has 7 heteroatoms. The highest BCUT2D eigenvalue weighted by Gasteiger charge is 2.25. The number of aromatic carboxylic acids is 1. The molecule has 124 valence electrons. The van der Waals surface area contributed by atoms with Crippen LogP contribution in [0, 0.1) is 6.92 Å². The number of aromatic nitrogens is 1. The lowest BCUT2D eigenvalue weighted by Gasteiger charge is -2.16. The number of sulfonamides is 1. The van der Waals surface area contributed by atoms with Crippen LogP contribution < -0.4 is 0 Å². The van der Waals surface area contributed by atoms with Gasteiger partial charge in [-0.3, -0.25) is 0 Å². The van der Waals surface area contributed by atoms with E-state index >= 15 is 0 Å². The number of aryl methyl sites for hydroxylation is 2. The Hall–Kier alpha value is -2.12. The van der Waals surface area contributed by atoms with Crippen LogP contribution in [0.25, 0.3) is 0 Å². The van der Waals surface area contributed by atoms with Crippen LogP contribution in [0.4, 0.5) is 0 Å². The third-order valence-corrected chi connectivity index (χ3v) is 5.43. The zero-order valence-electron chi connectivity index (χ0n) is 13.4. The number of rotatable bonds is 6. The molecule has 0 radical (unpaired) electrons. The van der Waals surface area contributed by atoms with E-state index in [0.29, 0.717) is 6.54 Å². The molecule has 0 atom stereocenters. The first-order valence-corrected chi connectivity index (χ1v) is 8.65. The third kappa shape index (κ3) is 3.62. The Morgan fingerprint density at radius 1 is 1.26 bits per heavy atom. The van der Waals surface area contributed by atoms with Crippen LogP contribution in [-0.2, 0) is 23.1 Å². The van der Waals surface area contributed by atoms with Crippen LogP contribution in [0.15, 0.2) is 41.4 Å². The Morgan fingerprint density at radius 2 is 1.87 bits per heavy atom. The van der Waals surface area contributed by atoms with Crippen molar-refractivity contribution in [3.8, 4) is 0 Å². The summed E-state index contributed by atoms with van der Waals surface area (Å²) < 4.78 is 27.9. The lowest BCUT2D eigenvalue weighted by molar-refractivity contribution is 0.0685. The zero-order chi connectivity index (χ0) is 17.2. The number of carbonyl (C=O) groups is 1. The number of hydrogen-bond donors (Lipinski definition) is 1. The molecule has 0 bridgehead atoms. The number of hydrogen-bond acceptors (Lipinski definition) is 3. The topological polar surface area (TPSA) is 79.6 Å². The van der Waals surface area contributed by atoms with Gasteiger partial charge in [0.05, 0.1) is 0 Å². The summed E-state index contributed by atoms with van der Waals surface area (Å²) >= 11 is 0. The molecule has 1 aromatic carbocycles. The first-order valence-electron chi connectivity index (χ1n) is 7.21. The van der Waals surface area contributed by atoms with Crippen molar-refractivity contribution in [1.82, 2.24) is 8.87 Å². The molecule has 0 aliphatic carbocycles. The van der Waals surface area contributed by atoms with Gasteiger partial charge >= 0.3 is 5.97 Å². The molecule has 2 rings (SSSR count). The van der Waals surface area contributed by atoms with Gasteiger partial charge in [-0.2, -0.15) is 4.31 Å². The molecule has 1 heterocycles. The molecular formula is C16H20N2O4S. The maximum absolute atomic E-state index is 12.6. The maximum Gasteiger partial charge on any atom is 0.352 e. The Labute approximate surface area is 136 Å². The van der Waals surface area contributed by atoms with Crippen LogP contribution in [-0.4, -0.2) is 35.4 Å². The third-order valence-electron chi connectivity index (χ3n) is 3.67. The highest BCUT2D eigenvalue weighted by atomic mass is 32.2. The van der Waals surface area contributed by atoms with Crippen molar-refractivity contribution in [2.45, 2.75) is 31.8 Å². The Kier molecular flexibility index (Phi) is 4.91. The Bertz CT molecular complexity index is 807. The number of nitrogens with zero attached hydrogens (tertiary/aromatic N) is 2. The summed E-state index contributed by atoms with van der Waals surface area (Å²) in [5, 5.41) is 9.15. The fourth-order valence-corrected chi connectivity index (χ4v) is 3.48. The highest BCUT2D eigenvalue weighted by molar-refractivity contribution is 7.89. The molecule has 0 saturated carbocycles. The van der Waals surface area contributed by atoms with Gasteiger partial charge in [-0.05, 0) is 25.5 Å². The summed E-state index contributed by atoms with van der Waals surface area (Å²) in [6.07, 6.45) is 1.37. The van der Waals surface area contributed by atoms with Crippen LogP contribution in [0.1, 0.15) is 28.5 Å². The minimum Gasteiger partial charge on any atom is -0.477 e. The van der Waals surface area contributed by atoms with Crippen molar-refractivity contribution >= 4 is 16.0 Å². The SMILES string of the molecule is CCn1cc(S(=O)(=O)N(C)Cc2ccc(C)cc2)cc1C(=O)O. The summed E-state index contributed by atoms with van der Waals surface area (Å²) in [5.41, 5.74) is 1.94. The molecule has 1 aromatic heterocycles. The summed E-state index contributed by atoms with van der Waals surface area (Å²) in [6, 6.07) is 8.80. The molecular weight excluding hydrogens is 316 g/mol. The van der Waals surface area contributed by atoms with Gasteiger partial charge in [-0.15, -0.1) is 0 Å². The van der Waals surface area contributed by atoms with Crippen molar-refractivity contribution in [2.24, 2.45) is 0 Å². The predicted molar refractivity (Wildman–Crippen MR) is 86.9 cm³/mol. The summed E-state index contributed by atoms with van der Waals surface area (Å²) in [7, 11) is -2.26. The zero-order valence-corrected chi connectivity index (χ0v) is 14.2. The quantitative estimate of drug-likeness (QED) is 0.878. The monoisotopic (exact) mass is 336 g/mol. The summed E-state index contributed by atoms with van der Waals surface area (Å²) in [5.74, 6) is -1.14. The fourth-order valence-electron chi connectivity index (χ4n) is 2.28. The van der Waals surface area contributed by atoms with Gasteiger partial charge in [0.15, 0.2) is 0 Å². The van der Waals surface area contributed by atoms with E-state index in [1.54, 1.807) is 6.92 Å². The first-order chi connectivity index (χ1) is 10.8. The smallest absolute Gasteiger partial charge is 0.352 e. The van der Waals surface area contributed by atoms with Crippen molar-refractivity contribution in [2.75, 3.05) is 7.05 Å². The van der Waals surface area contributed by atoms with Crippen molar-refractivity contribution in [3.05, 3.63) is 53.3 Å². The maximum atomic E-state index is 12.6. The van der Waals surface area contributed by atoms with Gasteiger partial charge < -0.3 is 9.67 Å². The molecule has 0 fully saturated rings. The van der Waals surface area contributed by atoms with Gasteiger partial charge in [-0.25, -0.2) is 13.2 Å². The summed E-state index contributed by atoms with van der Waals surface area (Å²) in [6.45, 7) is 4.34. The second kappa shape index (κ2) is 6.55. The normalized spacial score (nSPS) is 11.8. The molecule has 0 aliphatic rings. The van der Waals surface area contributed by atoms with Crippen LogP contribution in [0.5, 0.6) is 0 Å². The van der Waals surface area contributed by atoms with Crippen molar-refractivity contribution < 1.29 is 18.3 Å². The van der Waals surface area contributed by atoms with E-state index in [1.807, 2.05) is 31.2 Å². The number of carboxylic acid groups (broad SMARTS) is 1. The van der Waals surface area contributed by atoms with Gasteiger partial charge in [0, 0.05) is 26.3 Å². The van der Waals surface area contributed by atoms with Crippen LogP contribution >= 0.6 is 0 Å². The minimum atomic E-state index is -3.74. The summed E-state index contributed by atoms with van der Waals surface area (Å²) in [4.78, 5) is 11.2. The van der Waals surface area contributed by atoms with Crippen LogP contribution in [0.2, 0.25) is 0 Å². The standard InChI is InChI=1S/C16H20N2O4S/c1-4-18-11-14(9-15(18)16(19)20)23(21,22)17(3)10-13-7-5-12(2)6-8-13/h5-9,11H,4,10H2,1-3H3,(H,19,20). The fraction of sp³-hybridized carbons (Fsp3) is 0.312. The lowest BCUT2D eigenvalue weighted by atomic mass is 10.1. The minimum absolute atomic E-state index is 0.00800. The average Bonchev–Trinajstić information content (AvgIpc) is 2.94. The second-order valence-corrected chi connectivity index (χ2v) is 7.44. The van der Waals surface area contributed by atoms with Crippen molar-refractivity contribution in [1.29, 1.82) is 0 Å². The van der Waals surface area contributed by atoms with Gasteiger partial charge in [-0.1, -0.05) is 29.8 Å². The van der Waals surface area contributed by atoms with E-state index in [1.165, 1.54) is 28.2 Å². The number of carboxylic acids is 1. The largest absolute Gasteiger partial charge is 0.477 e. The van der Waals surface area contributed by atoms with E-state index in [-0.39, 0.29) is 17.1 Å². The van der Waals surface area contributed by atoms with Gasteiger partial charge in [0.25, 0.3) is 0 Å². The van der Waals surface area contributed by atoms with E-state index in [0.717, 1.165) is 11.1 Å². The molecule has 0 saturated heterocycles. The molecule has 6 nitrogen and oxygen atoms in total. The second-order valence-electron chi connectivity index (χ2n) is 5.40. The molecule has 0 spiro atoms. The van der Waals surface area contributed by atoms with Gasteiger partial charge in [0.1, 0.15) is 10.6 Å². The molecule has 0 unspecified atom stereocenters. The van der Waals surface area contributed by atoms with E-state index < -0.39 is 16.0 Å². The van der Waals surface area contributed by atoms with Crippen LogP contribution in [0.3, 0.4) is 0 Å². The van der Waals surface area contributed by atoms with E-state index in [4.69, 9.17) is 5.11 Å². The molecule has 23 heavy (non-hydrogen) atoms. The average molecular weight is 336 g/mol. The first kappa shape index (κ1) is 17.2. The van der Waals surface area contributed by atoms with E-state index in [2.05, 4.69) is 0 Å². The Balaban J connectivity index is 2.30. The molecule has 1 N–H and O–H groups in total. The Morgan fingerprint density at radius 3 is 2.35 bits per heavy atom. The van der Waals surface area contributed by atoms with Crippen molar-refractivity contribution in [3.63, 3.8) is 0 Å². The molecule has 0 amide bonds. The predicted octanol–water partition coefficient (Wildman–Crippen LogP) is 2.34. The molecule has 0 aliphatic heterocycles. The van der Waals surface area contributed by atoms with E-state index in [9.17, 15) is 13.2 Å². The molecule has 2 aromatic rings. The number of benzene rings is 1. The lowest BCUT2D eigenvalue weighted by Crippen LogP contribution is -2.26. The highest BCUT2D eigenvalue weighted by Crippen LogP contribution is 2.20. The van der Waals surface area contributed by atoms with Gasteiger partial charge in [0.2, 0.25) is 10.0 Å².